The average molecular weight is 232 g/mol. The van der Waals surface area contributed by atoms with E-state index in [1.807, 2.05) is 24.3 Å². The molecule has 4 nitrogen and oxygen atoms in total. The standard InChI is InChI=1S/C13H16N2O2/c1-3-4-9-5-7-10(8-6-9)13(2)11(16)15-12(14)17-13/h5-8H,3-4H2,1-2H3,(H2,14,15,16). The molecule has 90 valence electrons. The fraction of sp³-hybridized carbons (Fsp3) is 0.385. The molecule has 1 amide bonds. The molecular formula is C13H16N2O2. The van der Waals surface area contributed by atoms with Crippen molar-refractivity contribution in [1.29, 1.82) is 0 Å². The van der Waals surface area contributed by atoms with Crippen LogP contribution in [0.5, 0.6) is 0 Å². The summed E-state index contributed by atoms with van der Waals surface area (Å²) in [5.74, 6) is -0.349. The zero-order valence-electron chi connectivity index (χ0n) is 10.1. The Labute approximate surface area is 100 Å². The lowest BCUT2D eigenvalue weighted by atomic mass is 9.94. The number of hydrogen-bond donors (Lipinski definition) is 1. The van der Waals surface area contributed by atoms with Gasteiger partial charge in [-0.2, -0.15) is 4.99 Å². The normalized spacial score (nSPS) is 23.4. The Balaban J connectivity index is 2.26. The number of hydrogen-bond acceptors (Lipinski definition) is 3. The third-order valence-corrected chi connectivity index (χ3v) is 2.97. The van der Waals surface area contributed by atoms with Gasteiger partial charge >= 0.3 is 0 Å². The van der Waals surface area contributed by atoms with E-state index in [4.69, 9.17) is 10.5 Å². The largest absolute Gasteiger partial charge is 0.444 e. The van der Waals surface area contributed by atoms with Crippen molar-refractivity contribution >= 4 is 11.9 Å². The van der Waals surface area contributed by atoms with Crippen LogP contribution in [0.25, 0.3) is 0 Å². The molecule has 4 heteroatoms. The fourth-order valence-electron chi connectivity index (χ4n) is 1.94. The number of amides is 1. The van der Waals surface area contributed by atoms with Crippen molar-refractivity contribution in [1.82, 2.24) is 0 Å². The molecule has 1 aliphatic rings. The van der Waals surface area contributed by atoms with Gasteiger partial charge in [0.15, 0.2) is 0 Å². The van der Waals surface area contributed by atoms with Crippen LogP contribution in [0.1, 0.15) is 31.4 Å². The maximum atomic E-state index is 11.7. The number of benzene rings is 1. The molecule has 0 saturated heterocycles. The van der Waals surface area contributed by atoms with Crippen molar-refractivity contribution in [3.05, 3.63) is 35.4 Å². The molecule has 0 fully saturated rings. The van der Waals surface area contributed by atoms with Crippen LogP contribution in [0.2, 0.25) is 0 Å². The molecule has 1 unspecified atom stereocenters. The highest BCUT2D eigenvalue weighted by Crippen LogP contribution is 2.30. The fourth-order valence-corrected chi connectivity index (χ4v) is 1.94. The summed E-state index contributed by atoms with van der Waals surface area (Å²) in [5.41, 5.74) is 6.40. The predicted molar refractivity (Wildman–Crippen MR) is 65.5 cm³/mol. The average Bonchev–Trinajstić information content (AvgIpc) is 2.55. The Kier molecular flexibility index (Phi) is 2.88. The van der Waals surface area contributed by atoms with E-state index in [-0.39, 0.29) is 11.9 Å². The van der Waals surface area contributed by atoms with Crippen LogP contribution in [-0.2, 0) is 21.6 Å². The Hall–Kier alpha value is -1.84. The number of aryl methyl sites for hydroxylation is 1. The van der Waals surface area contributed by atoms with E-state index in [1.54, 1.807) is 6.92 Å². The van der Waals surface area contributed by atoms with E-state index in [0.29, 0.717) is 0 Å². The maximum absolute atomic E-state index is 11.7. The molecular weight excluding hydrogens is 216 g/mol. The van der Waals surface area contributed by atoms with Crippen molar-refractivity contribution < 1.29 is 9.53 Å². The van der Waals surface area contributed by atoms with E-state index in [0.717, 1.165) is 18.4 Å². The first-order valence-corrected chi connectivity index (χ1v) is 5.73. The molecule has 1 heterocycles. The van der Waals surface area contributed by atoms with Gasteiger partial charge in [-0.15, -0.1) is 0 Å². The Bertz CT molecular complexity index is 465. The van der Waals surface area contributed by atoms with Crippen molar-refractivity contribution in [3.8, 4) is 0 Å². The number of nitrogens with zero attached hydrogens (tertiary/aromatic N) is 1. The minimum absolute atomic E-state index is 0.0601. The van der Waals surface area contributed by atoms with E-state index >= 15 is 0 Å². The van der Waals surface area contributed by atoms with Gasteiger partial charge in [0.1, 0.15) is 0 Å². The Morgan fingerprint density at radius 2 is 2.00 bits per heavy atom. The van der Waals surface area contributed by atoms with Crippen LogP contribution in [0.3, 0.4) is 0 Å². The predicted octanol–water partition coefficient (Wildman–Crippen LogP) is 1.73. The van der Waals surface area contributed by atoms with Crippen molar-refractivity contribution in [3.63, 3.8) is 0 Å². The number of ether oxygens (including phenoxy) is 1. The van der Waals surface area contributed by atoms with Crippen LogP contribution >= 0.6 is 0 Å². The lowest BCUT2D eigenvalue weighted by molar-refractivity contribution is -0.130. The summed E-state index contributed by atoms with van der Waals surface area (Å²) >= 11 is 0. The summed E-state index contributed by atoms with van der Waals surface area (Å²) in [5, 5.41) is 0. The van der Waals surface area contributed by atoms with Crippen LogP contribution in [0, 0.1) is 0 Å². The molecule has 0 aliphatic carbocycles. The van der Waals surface area contributed by atoms with E-state index in [1.165, 1.54) is 5.56 Å². The van der Waals surface area contributed by atoms with E-state index < -0.39 is 5.60 Å². The smallest absolute Gasteiger partial charge is 0.298 e. The van der Waals surface area contributed by atoms with Crippen LogP contribution in [0.4, 0.5) is 0 Å². The highest BCUT2D eigenvalue weighted by molar-refractivity contribution is 6.01. The molecule has 1 aromatic rings. The van der Waals surface area contributed by atoms with Crippen LogP contribution in [0.15, 0.2) is 29.3 Å². The second-order valence-corrected chi connectivity index (χ2v) is 4.34. The first-order valence-electron chi connectivity index (χ1n) is 5.73. The number of aliphatic imine (C=N–C) groups is 1. The molecule has 0 bridgehead atoms. The summed E-state index contributed by atoms with van der Waals surface area (Å²) in [6.45, 7) is 3.82. The number of amidine groups is 1. The molecule has 2 N–H and O–H groups in total. The monoisotopic (exact) mass is 232 g/mol. The SMILES string of the molecule is CCCc1ccc(C2(C)OC(N)=NC2=O)cc1. The second-order valence-electron chi connectivity index (χ2n) is 4.34. The quantitative estimate of drug-likeness (QED) is 0.863. The summed E-state index contributed by atoms with van der Waals surface area (Å²) < 4.78 is 5.33. The van der Waals surface area contributed by atoms with Gasteiger partial charge in [-0.3, -0.25) is 4.79 Å². The molecule has 1 aromatic carbocycles. The number of rotatable bonds is 3. The maximum Gasteiger partial charge on any atom is 0.298 e. The van der Waals surface area contributed by atoms with E-state index in [9.17, 15) is 4.79 Å². The molecule has 17 heavy (non-hydrogen) atoms. The summed E-state index contributed by atoms with van der Waals surface area (Å²) in [6, 6.07) is 7.76. The zero-order chi connectivity index (χ0) is 12.5. The molecule has 0 saturated carbocycles. The lowest BCUT2D eigenvalue weighted by Crippen LogP contribution is -2.31. The number of nitrogens with two attached hydrogens (primary N) is 1. The van der Waals surface area contributed by atoms with Gasteiger partial charge in [0, 0.05) is 5.56 Å². The van der Waals surface area contributed by atoms with E-state index in [2.05, 4.69) is 11.9 Å². The second kappa shape index (κ2) is 4.20. The minimum Gasteiger partial charge on any atom is -0.444 e. The van der Waals surface area contributed by atoms with Crippen molar-refractivity contribution in [2.75, 3.05) is 0 Å². The molecule has 0 aromatic heterocycles. The molecule has 0 spiro atoms. The summed E-state index contributed by atoms with van der Waals surface area (Å²) in [7, 11) is 0. The molecule has 1 aliphatic heterocycles. The zero-order valence-corrected chi connectivity index (χ0v) is 10.1. The summed E-state index contributed by atoms with van der Waals surface area (Å²) in [4.78, 5) is 15.3. The molecule has 2 rings (SSSR count). The topological polar surface area (TPSA) is 64.7 Å². The first kappa shape index (κ1) is 11.6. The first-order chi connectivity index (χ1) is 8.06. The third-order valence-electron chi connectivity index (χ3n) is 2.97. The third kappa shape index (κ3) is 2.02. The van der Waals surface area contributed by atoms with Gasteiger partial charge < -0.3 is 10.5 Å². The summed E-state index contributed by atoms with van der Waals surface area (Å²) in [6.07, 6.45) is 2.13. The van der Waals surface area contributed by atoms with Crippen molar-refractivity contribution in [2.45, 2.75) is 32.3 Å². The lowest BCUT2D eigenvalue weighted by Gasteiger charge is -2.21. The molecule has 0 radical (unpaired) electrons. The van der Waals surface area contributed by atoms with Gasteiger partial charge in [-0.1, -0.05) is 37.6 Å². The van der Waals surface area contributed by atoms with Gasteiger partial charge in [0.05, 0.1) is 0 Å². The van der Waals surface area contributed by atoms with Gasteiger partial charge in [-0.25, -0.2) is 0 Å². The van der Waals surface area contributed by atoms with Gasteiger partial charge in [0.25, 0.3) is 11.9 Å². The number of carbonyl (C=O) groups excluding carboxylic acids is 1. The van der Waals surface area contributed by atoms with Crippen LogP contribution in [-0.4, -0.2) is 11.9 Å². The van der Waals surface area contributed by atoms with Gasteiger partial charge in [-0.05, 0) is 18.9 Å². The molecule has 1 atom stereocenters. The minimum atomic E-state index is -1.06. The van der Waals surface area contributed by atoms with Crippen LogP contribution < -0.4 is 5.73 Å². The van der Waals surface area contributed by atoms with Gasteiger partial charge in [0.2, 0.25) is 5.60 Å². The highest BCUT2D eigenvalue weighted by Gasteiger charge is 2.43. The highest BCUT2D eigenvalue weighted by atomic mass is 16.5. The van der Waals surface area contributed by atoms with Crippen molar-refractivity contribution in [2.24, 2.45) is 10.7 Å². The number of carbonyl (C=O) groups is 1. The Morgan fingerprint density at radius 1 is 1.35 bits per heavy atom. The Morgan fingerprint density at radius 3 is 2.47 bits per heavy atom.